The minimum Gasteiger partial charge on any atom is -0.353 e. The van der Waals surface area contributed by atoms with E-state index in [4.69, 9.17) is 4.98 Å². The van der Waals surface area contributed by atoms with Gasteiger partial charge in [0.15, 0.2) is 0 Å². The number of imidazole rings is 1. The molecule has 0 radical (unpaired) electrons. The molecule has 2 atom stereocenters. The monoisotopic (exact) mass is 263 g/mol. The molecule has 1 N–H and O–H groups in total. The van der Waals surface area contributed by atoms with Crippen molar-refractivity contribution in [1.29, 1.82) is 0 Å². The summed E-state index contributed by atoms with van der Waals surface area (Å²) in [6.45, 7) is 8.98. The van der Waals surface area contributed by atoms with Crippen LogP contribution in [0.15, 0.2) is 6.20 Å². The Morgan fingerprint density at radius 2 is 2.00 bits per heavy atom. The van der Waals surface area contributed by atoms with Gasteiger partial charge in [0, 0.05) is 18.3 Å². The van der Waals surface area contributed by atoms with Crippen LogP contribution in [0.3, 0.4) is 0 Å². The standard InChI is InChI=1S/C16H29N3/c1-5-12(2)14(4)19-11-13(3)17-16(19)18-15-9-7-6-8-10-15/h11-12,14-15H,5-10H2,1-4H3,(H,17,18). The van der Waals surface area contributed by atoms with Gasteiger partial charge in [0.05, 0.1) is 5.69 Å². The highest BCUT2D eigenvalue weighted by molar-refractivity contribution is 5.31. The number of hydrogen-bond acceptors (Lipinski definition) is 2. The van der Waals surface area contributed by atoms with Crippen molar-refractivity contribution in [3.63, 3.8) is 0 Å². The van der Waals surface area contributed by atoms with Crippen molar-refractivity contribution in [2.45, 2.75) is 78.3 Å². The van der Waals surface area contributed by atoms with Crippen LogP contribution in [0.25, 0.3) is 0 Å². The molecule has 0 spiro atoms. The van der Waals surface area contributed by atoms with Crippen LogP contribution in [0.5, 0.6) is 0 Å². The smallest absolute Gasteiger partial charge is 0.203 e. The summed E-state index contributed by atoms with van der Waals surface area (Å²) in [4.78, 5) is 4.69. The molecule has 1 fully saturated rings. The van der Waals surface area contributed by atoms with Gasteiger partial charge in [0.25, 0.3) is 0 Å². The second-order valence-electron chi connectivity index (χ2n) is 6.22. The van der Waals surface area contributed by atoms with Crippen molar-refractivity contribution in [1.82, 2.24) is 9.55 Å². The van der Waals surface area contributed by atoms with Crippen LogP contribution in [0.2, 0.25) is 0 Å². The zero-order valence-corrected chi connectivity index (χ0v) is 12.9. The molecule has 0 aromatic carbocycles. The Labute approximate surface area is 117 Å². The second kappa shape index (κ2) is 6.44. The van der Waals surface area contributed by atoms with Gasteiger partial charge in [-0.3, -0.25) is 0 Å². The predicted molar refractivity (Wildman–Crippen MR) is 81.6 cm³/mol. The zero-order chi connectivity index (χ0) is 13.8. The SMILES string of the molecule is CCC(C)C(C)n1cc(C)nc1NC1CCCCC1. The van der Waals surface area contributed by atoms with E-state index >= 15 is 0 Å². The van der Waals surface area contributed by atoms with E-state index in [2.05, 4.69) is 43.8 Å². The molecule has 1 aliphatic carbocycles. The number of anilines is 1. The van der Waals surface area contributed by atoms with Gasteiger partial charge in [-0.15, -0.1) is 0 Å². The Bertz CT molecular complexity index is 391. The minimum atomic E-state index is 0.511. The van der Waals surface area contributed by atoms with Gasteiger partial charge in [0.1, 0.15) is 0 Å². The number of aryl methyl sites for hydroxylation is 1. The molecule has 1 aromatic heterocycles. The highest BCUT2D eigenvalue weighted by Gasteiger charge is 2.20. The molecule has 0 saturated heterocycles. The van der Waals surface area contributed by atoms with E-state index in [-0.39, 0.29) is 0 Å². The molecule has 3 heteroatoms. The zero-order valence-electron chi connectivity index (χ0n) is 12.9. The summed E-state index contributed by atoms with van der Waals surface area (Å²) in [5, 5.41) is 3.68. The average Bonchev–Trinajstić information content (AvgIpc) is 2.79. The van der Waals surface area contributed by atoms with E-state index in [1.165, 1.54) is 38.5 Å². The maximum atomic E-state index is 4.69. The van der Waals surface area contributed by atoms with E-state index in [1.54, 1.807) is 0 Å². The van der Waals surface area contributed by atoms with Crippen molar-refractivity contribution in [2.75, 3.05) is 5.32 Å². The van der Waals surface area contributed by atoms with E-state index in [0.717, 1.165) is 11.6 Å². The first kappa shape index (κ1) is 14.4. The molecule has 3 nitrogen and oxygen atoms in total. The Hall–Kier alpha value is -0.990. The van der Waals surface area contributed by atoms with Gasteiger partial charge >= 0.3 is 0 Å². The first-order chi connectivity index (χ1) is 9.11. The third-order valence-corrected chi connectivity index (χ3v) is 4.70. The summed E-state index contributed by atoms with van der Waals surface area (Å²) >= 11 is 0. The summed E-state index contributed by atoms with van der Waals surface area (Å²) in [6, 6.07) is 1.13. The maximum Gasteiger partial charge on any atom is 0.203 e. The van der Waals surface area contributed by atoms with Gasteiger partial charge in [-0.05, 0) is 32.6 Å². The van der Waals surface area contributed by atoms with Gasteiger partial charge in [-0.2, -0.15) is 0 Å². The van der Waals surface area contributed by atoms with Crippen LogP contribution in [0, 0.1) is 12.8 Å². The summed E-state index contributed by atoms with van der Waals surface area (Å²) in [7, 11) is 0. The lowest BCUT2D eigenvalue weighted by Gasteiger charge is -2.27. The summed E-state index contributed by atoms with van der Waals surface area (Å²) < 4.78 is 2.35. The lowest BCUT2D eigenvalue weighted by molar-refractivity contribution is 0.370. The highest BCUT2D eigenvalue weighted by atomic mass is 15.2. The number of aromatic nitrogens is 2. The molecule has 19 heavy (non-hydrogen) atoms. The molecule has 108 valence electrons. The van der Waals surface area contributed by atoms with Gasteiger partial charge < -0.3 is 9.88 Å². The highest BCUT2D eigenvalue weighted by Crippen LogP contribution is 2.27. The lowest BCUT2D eigenvalue weighted by atomic mass is 9.96. The third kappa shape index (κ3) is 3.52. The fraction of sp³-hybridized carbons (Fsp3) is 0.812. The second-order valence-corrected chi connectivity index (χ2v) is 6.22. The van der Waals surface area contributed by atoms with Crippen LogP contribution in [0.1, 0.15) is 71.0 Å². The van der Waals surface area contributed by atoms with Crippen molar-refractivity contribution in [3.8, 4) is 0 Å². The first-order valence-corrected chi connectivity index (χ1v) is 7.93. The summed E-state index contributed by atoms with van der Waals surface area (Å²) in [5.74, 6) is 1.76. The Morgan fingerprint density at radius 3 is 2.63 bits per heavy atom. The predicted octanol–water partition coefficient (Wildman–Crippen LogP) is 4.54. The number of rotatable bonds is 5. The summed E-state index contributed by atoms with van der Waals surface area (Å²) in [6.07, 6.45) is 10.1. The molecule has 0 aliphatic heterocycles. The Morgan fingerprint density at radius 1 is 1.32 bits per heavy atom. The van der Waals surface area contributed by atoms with E-state index < -0.39 is 0 Å². The number of nitrogens with one attached hydrogen (secondary N) is 1. The molecule has 1 saturated carbocycles. The van der Waals surface area contributed by atoms with Gasteiger partial charge in [0.2, 0.25) is 5.95 Å². The van der Waals surface area contributed by atoms with Crippen LogP contribution in [-0.4, -0.2) is 15.6 Å². The topological polar surface area (TPSA) is 29.9 Å². The summed E-state index contributed by atoms with van der Waals surface area (Å²) in [5.41, 5.74) is 1.12. The molecule has 2 rings (SSSR count). The van der Waals surface area contributed by atoms with E-state index in [9.17, 15) is 0 Å². The van der Waals surface area contributed by atoms with Crippen LogP contribution >= 0.6 is 0 Å². The molecule has 1 aromatic rings. The Kier molecular flexibility index (Phi) is 4.89. The lowest BCUT2D eigenvalue weighted by Crippen LogP contribution is -2.25. The van der Waals surface area contributed by atoms with Gasteiger partial charge in [-0.1, -0.05) is 39.5 Å². The Balaban J connectivity index is 2.10. The largest absolute Gasteiger partial charge is 0.353 e. The molecule has 0 bridgehead atoms. The van der Waals surface area contributed by atoms with E-state index in [1.807, 2.05) is 0 Å². The maximum absolute atomic E-state index is 4.69. The van der Waals surface area contributed by atoms with Crippen molar-refractivity contribution < 1.29 is 0 Å². The minimum absolute atomic E-state index is 0.511. The molecule has 1 heterocycles. The van der Waals surface area contributed by atoms with Crippen LogP contribution in [0.4, 0.5) is 5.95 Å². The molecule has 2 unspecified atom stereocenters. The number of nitrogens with zero attached hydrogens (tertiary/aromatic N) is 2. The van der Waals surface area contributed by atoms with Crippen molar-refractivity contribution in [3.05, 3.63) is 11.9 Å². The first-order valence-electron chi connectivity index (χ1n) is 7.93. The van der Waals surface area contributed by atoms with Crippen LogP contribution < -0.4 is 5.32 Å². The van der Waals surface area contributed by atoms with Crippen molar-refractivity contribution >= 4 is 5.95 Å². The molecular weight excluding hydrogens is 234 g/mol. The quantitative estimate of drug-likeness (QED) is 0.845. The van der Waals surface area contributed by atoms with Gasteiger partial charge in [-0.25, -0.2) is 4.98 Å². The third-order valence-electron chi connectivity index (χ3n) is 4.70. The fourth-order valence-corrected chi connectivity index (χ4v) is 2.98. The van der Waals surface area contributed by atoms with Crippen LogP contribution in [-0.2, 0) is 0 Å². The van der Waals surface area contributed by atoms with E-state index in [0.29, 0.717) is 18.0 Å². The molecule has 0 amide bonds. The normalized spacial score (nSPS) is 20.2. The molecule has 1 aliphatic rings. The average molecular weight is 263 g/mol. The molecular formula is C16H29N3. The number of hydrogen-bond donors (Lipinski definition) is 1. The van der Waals surface area contributed by atoms with Crippen molar-refractivity contribution in [2.24, 2.45) is 5.92 Å². The fourth-order valence-electron chi connectivity index (χ4n) is 2.98.